The van der Waals surface area contributed by atoms with Gasteiger partial charge >= 0.3 is 5.97 Å². The molecule has 2 rings (SSSR count). The number of hydrazine groups is 1. The minimum atomic E-state index is -0.646. The van der Waals surface area contributed by atoms with E-state index in [2.05, 4.69) is 16.2 Å². The van der Waals surface area contributed by atoms with E-state index in [9.17, 15) is 14.4 Å². The summed E-state index contributed by atoms with van der Waals surface area (Å²) in [5, 5.41) is 3.12. The van der Waals surface area contributed by atoms with Crippen LogP contribution in [-0.4, -0.2) is 24.4 Å². The van der Waals surface area contributed by atoms with Gasteiger partial charge in [-0.1, -0.05) is 30.3 Å². The summed E-state index contributed by atoms with van der Waals surface area (Å²) in [6, 6.07) is 16.2. The zero-order valence-corrected chi connectivity index (χ0v) is 13.0. The Morgan fingerprint density at radius 3 is 2.29 bits per heavy atom. The van der Waals surface area contributed by atoms with Crippen LogP contribution >= 0.6 is 0 Å². The van der Waals surface area contributed by atoms with Crippen molar-refractivity contribution in [3.63, 3.8) is 0 Å². The summed E-state index contributed by atoms with van der Waals surface area (Å²) in [6.07, 6.45) is 0. The van der Waals surface area contributed by atoms with Gasteiger partial charge in [0.15, 0.2) is 6.61 Å². The lowest BCUT2D eigenvalue weighted by molar-refractivity contribution is -0.129. The Bertz CT molecular complexity index is 732. The molecule has 7 heteroatoms. The number of carbonyl (C=O) groups is 3. The van der Waals surface area contributed by atoms with Gasteiger partial charge in [-0.15, -0.1) is 0 Å². The van der Waals surface area contributed by atoms with Crippen LogP contribution in [0.25, 0.3) is 0 Å². The first-order valence-electron chi connectivity index (χ1n) is 7.20. The second-order valence-corrected chi connectivity index (χ2v) is 4.84. The maximum atomic E-state index is 12.2. The molecular formula is C17H17N3O4. The number of nitrogens with one attached hydrogen (secondary N) is 3. The smallest absolute Gasteiger partial charge is 0.340 e. The van der Waals surface area contributed by atoms with E-state index in [-0.39, 0.29) is 0 Å². The normalized spacial score (nSPS) is 9.71. The van der Waals surface area contributed by atoms with Crippen LogP contribution in [-0.2, 0) is 14.3 Å². The van der Waals surface area contributed by atoms with Crippen molar-refractivity contribution in [2.45, 2.75) is 6.92 Å². The van der Waals surface area contributed by atoms with Crippen LogP contribution in [0.15, 0.2) is 54.6 Å². The van der Waals surface area contributed by atoms with E-state index in [0.29, 0.717) is 11.3 Å². The maximum Gasteiger partial charge on any atom is 0.340 e. The van der Waals surface area contributed by atoms with E-state index < -0.39 is 24.4 Å². The predicted molar refractivity (Wildman–Crippen MR) is 88.4 cm³/mol. The highest BCUT2D eigenvalue weighted by Gasteiger charge is 2.14. The van der Waals surface area contributed by atoms with Crippen LogP contribution in [0.2, 0.25) is 0 Å². The molecule has 0 aliphatic rings. The molecule has 124 valence electrons. The molecule has 0 aromatic heterocycles. The second kappa shape index (κ2) is 8.33. The molecule has 0 saturated carbocycles. The van der Waals surface area contributed by atoms with Crippen molar-refractivity contribution in [3.05, 3.63) is 60.2 Å². The third kappa shape index (κ3) is 5.13. The Hall–Kier alpha value is -3.35. The summed E-state index contributed by atoms with van der Waals surface area (Å²) >= 11 is 0. The van der Waals surface area contributed by atoms with E-state index in [0.717, 1.165) is 5.69 Å². The van der Waals surface area contributed by atoms with E-state index in [1.165, 1.54) is 6.92 Å². The molecule has 0 unspecified atom stereocenters. The van der Waals surface area contributed by atoms with Crippen LogP contribution in [0.1, 0.15) is 17.3 Å². The van der Waals surface area contributed by atoms with Crippen molar-refractivity contribution in [2.75, 3.05) is 11.9 Å². The fourth-order valence-corrected chi connectivity index (χ4v) is 1.85. The zero-order chi connectivity index (χ0) is 17.4. The molecule has 3 N–H and O–H groups in total. The molecule has 0 aliphatic carbocycles. The molecule has 0 atom stereocenters. The highest BCUT2D eigenvalue weighted by Crippen LogP contribution is 2.21. The molecule has 0 spiro atoms. The lowest BCUT2D eigenvalue weighted by Crippen LogP contribution is -2.42. The minimum Gasteiger partial charge on any atom is -0.452 e. The van der Waals surface area contributed by atoms with Crippen molar-refractivity contribution >= 4 is 29.2 Å². The van der Waals surface area contributed by atoms with Crippen LogP contribution < -0.4 is 16.2 Å². The van der Waals surface area contributed by atoms with Gasteiger partial charge in [0.1, 0.15) is 0 Å². The fourth-order valence-electron chi connectivity index (χ4n) is 1.85. The number of esters is 1. The summed E-state index contributed by atoms with van der Waals surface area (Å²) < 4.78 is 4.96. The summed E-state index contributed by atoms with van der Waals surface area (Å²) in [5.41, 5.74) is 5.91. The average Bonchev–Trinajstić information content (AvgIpc) is 2.59. The van der Waals surface area contributed by atoms with Gasteiger partial charge in [0.05, 0.1) is 11.3 Å². The molecule has 0 radical (unpaired) electrons. The molecule has 7 nitrogen and oxygen atoms in total. The third-order valence-electron chi connectivity index (χ3n) is 2.91. The van der Waals surface area contributed by atoms with Gasteiger partial charge in [0, 0.05) is 12.6 Å². The molecule has 0 saturated heterocycles. The van der Waals surface area contributed by atoms with Crippen LogP contribution in [0.3, 0.4) is 0 Å². The van der Waals surface area contributed by atoms with Gasteiger partial charge in [-0.2, -0.15) is 0 Å². The van der Waals surface area contributed by atoms with Gasteiger partial charge in [0.2, 0.25) is 5.91 Å². The molecule has 0 heterocycles. The monoisotopic (exact) mass is 327 g/mol. The molecule has 24 heavy (non-hydrogen) atoms. The molecular weight excluding hydrogens is 310 g/mol. The highest BCUT2D eigenvalue weighted by molar-refractivity contribution is 5.97. The number of amides is 2. The topological polar surface area (TPSA) is 96.5 Å². The summed E-state index contributed by atoms with van der Waals surface area (Å²) in [6.45, 7) is 0.747. The van der Waals surface area contributed by atoms with Crippen molar-refractivity contribution < 1.29 is 19.1 Å². The second-order valence-electron chi connectivity index (χ2n) is 4.84. The number of hydrogen-bond acceptors (Lipinski definition) is 5. The third-order valence-corrected chi connectivity index (χ3v) is 2.91. The van der Waals surface area contributed by atoms with Crippen molar-refractivity contribution in [1.82, 2.24) is 10.9 Å². The van der Waals surface area contributed by atoms with Gasteiger partial charge in [-0.05, 0) is 24.3 Å². The number of para-hydroxylation sites is 2. The summed E-state index contributed by atoms with van der Waals surface area (Å²) in [5.74, 6) is -1.70. The number of rotatable bonds is 5. The molecule has 2 amide bonds. The van der Waals surface area contributed by atoms with E-state index >= 15 is 0 Å². The lowest BCUT2D eigenvalue weighted by Gasteiger charge is -2.12. The Labute approximate surface area is 139 Å². The Balaban J connectivity index is 1.99. The fraction of sp³-hybridized carbons (Fsp3) is 0.118. The quantitative estimate of drug-likeness (QED) is 0.574. The first-order chi connectivity index (χ1) is 11.6. The largest absolute Gasteiger partial charge is 0.452 e. The Morgan fingerprint density at radius 2 is 1.58 bits per heavy atom. The maximum absolute atomic E-state index is 12.2. The van der Waals surface area contributed by atoms with Crippen LogP contribution in [0.5, 0.6) is 0 Å². The predicted octanol–water partition coefficient (Wildman–Crippen LogP) is 1.75. The van der Waals surface area contributed by atoms with Gasteiger partial charge in [-0.25, -0.2) is 4.79 Å². The van der Waals surface area contributed by atoms with Crippen molar-refractivity contribution in [1.29, 1.82) is 0 Å². The average molecular weight is 327 g/mol. The first-order valence-corrected chi connectivity index (χ1v) is 7.20. The molecule has 2 aromatic rings. The summed E-state index contributed by atoms with van der Waals surface area (Å²) in [7, 11) is 0. The van der Waals surface area contributed by atoms with Crippen LogP contribution in [0.4, 0.5) is 11.4 Å². The first kappa shape index (κ1) is 17.0. The SMILES string of the molecule is CC(=O)NNC(=O)COC(=O)c1ccccc1Nc1ccccc1. The van der Waals surface area contributed by atoms with Crippen molar-refractivity contribution in [2.24, 2.45) is 0 Å². The summed E-state index contributed by atoms with van der Waals surface area (Å²) in [4.78, 5) is 34.3. The van der Waals surface area contributed by atoms with E-state index in [1.807, 2.05) is 30.3 Å². The van der Waals surface area contributed by atoms with Gasteiger partial charge in [-0.3, -0.25) is 20.4 Å². The van der Waals surface area contributed by atoms with E-state index in [1.54, 1.807) is 24.3 Å². The number of anilines is 2. The zero-order valence-electron chi connectivity index (χ0n) is 13.0. The van der Waals surface area contributed by atoms with Gasteiger partial charge < -0.3 is 10.1 Å². The lowest BCUT2D eigenvalue weighted by atomic mass is 10.1. The number of ether oxygens (including phenoxy) is 1. The minimum absolute atomic E-state index is 0.300. The number of carbonyl (C=O) groups excluding carboxylic acids is 3. The standard InChI is InChI=1S/C17H17N3O4/c1-12(21)19-20-16(22)11-24-17(23)14-9-5-6-10-15(14)18-13-7-3-2-4-8-13/h2-10,18H,11H2,1H3,(H,19,21)(H,20,22). The highest BCUT2D eigenvalue weighted by atomic mass is 16.5. The van der Waals surface area contributed by atoms with E-state index in [4.69, 9.17) is 4.74 Å². The molecule has 0 bridgehead atoms. The number of benzene rings is 2. The van der Waals surface area contributed by atoms with Crippen LogP contribution in [0, 0.1) is 0 Å². The molecule has 0 aliphatic heterocycles. The number of hydrogen-bond donors (Lipinski definition) is 3. The Morgan fingerprint density at radius 1 is 0.917 bits per heavy atom. The van der Waals surface area contributed by atoms with Crippen molar-refractivity contribution in [3.8, 4) is 0 Å². The molecule has 0 fully saturated rings. The van der Waals surface area contributed by atoms with Gasteiger partial charge in [0.25, 0.3) is 5.91 Å². The molecule has 2 aromatic carbocycles. The Kier molecular flexibility index (Phi) is 5.90.